The molecule has 0 unspecified atom stereocenters. The quantitative estimate of drug-likeness (QED) is 0.589. The molecule has 0 spiro atoms. The molecule has 7 nitrogen and oxygen atoms in total. The summed E-state index contributed by atoms with van der Waals surface area (Å²) in [5, 5.41) is 7.11. The Bertz CT molecular complexity index is 798. The monoisotopic (exact) mass is 384 g/mol. The average molecular weight is 384 g/mol. The van der Waals surface area contributed by atoms with Crippen molar-refractivity contribution in [1.29, 1.82) is 0 Å². The Labute approximate surface area is 153 Å². The van der Waals surface area contributed by atoms with Gasteiger partial charge in [-0.3, -0.25) is 4.99 Å². The molecule has 1 aromatic carbocycles. The van der Waals surface area contributed by atoms with E-state index in [0.29, 0.717) is 29.6 Å². The lowest BCUT2D eigenvalue weighted by atomic mass is 10.1. The number of ether oxygens (including phenoxy) is 3. The Balaban J connectivity index is 1.65. The van der Waals surface area contributed by atoms with E-state index < -0.39 is 6.61 Å². The first-order valence-electron chi connectivity index (χ1n) is 7.78. The summed E-state index contributed by atoms with van der Waals surface area (Å²) in [5.74, 6) is 1.41. The Hall–Kier alpha value is -2.62. The predicted molar refractivity (Wildman–Crippen MR) is 93.1 cm³/mol. The fraction of sp³-hybridized carbons (Fsp3) is 0.375. The summed E-state index contributed by atoms with van der Waals surface area (Å²) in [6.07, 6.45) is 1.80. The summed E-state index contributed by atoms with van der Waals surface area (Å²) in [6, 6.07) is 3.02. The second kappa shape index (κ2) is 8.17. The second-order valence-corrected chi connectivity index (χ2v) is 6.65. The van der Waals surface area contributed by atoms with Crippen LogP contribution in [0, 0.1) is 6.92 Å². The smallest absolute Gasteiger partial charge is 0.387 e. The minimum Gasteiger partial charge on any atom is -0.454 e. The molecule has 0 aliphatic carbocycles. The van der Waals surface area contributed by atoms with Crippen LogP contribution < -0.4 is 24.8 Å². The summed E-state index contributed by atoms with van der Waals surface area (Å²) in [5.41, 5.74) is 0.502. The Morgan fingerprint density at radius 3 is 2.69 bits per heavy atom. The number of hydrogen-bond acceptors (Lipinski definition) is 6. The summed E-state index contributed by atoms with van der Waals surface area (Å²) in [4.78, 5) is 9.50. The molecule has 1 aliphatic rings. The van der Waals surface area contributed by atoms with Crippen molar-refractivity contribution in [2.24, 2.45) is 4.99 Å². The van der Waals surface area contributed by atoms with Crippen molar-refractivity contribution in [2.75, 3.05) is 13.8 Å². The van der Waals surface area contributed by atoms with Crippen LogP contribution in [0.5, 0.6) is 17.2 Å². The maximum Gasteiger partial charge on any atom is 0.387 e. The SMILES string of the molecule is CN=C(NCc1ncc(C)s1)NCc1cc2c(cc1OC(F)F)OCO2. The van der Waals surface area contributed by atoms with Crippen molar-refractivity contribution in [3.8, 4) is 17.2 Å². The third kappa shape index (κ3) is 4.51. The number of aliphatic imine (C=N–C) groups is 1. The zero-order valence-electron chi connectivity index (χ0n) is 14.2. The minimum atomic E-state index is -2.93. The molecule has 1 aromatic heterocycles. The van der Waals surface area contributed by atoms with Crippen LogP contribution in [0.15, 0.2) is 23.3 Å². The average Bonchev–Trinajstić information content (AvgIpc) is 3.22. The predicted octanol–water partition coefficient (Wildman–Crippen LogP) is 2.65. The van der Waals surface area contributed by atoms with Crippen molar-refractivity contribution in [1.82, 2.24) is 15.6 Å². The summed E-state index contributed by atoms with van der Waals surface area (Å²) in [6.45, 7) is -0.163. The number of alkyl halides is 2. The highest BCUT2D eigenvalue weighted by molar-refractivity contribution is 7.11. The topological polar surface area (TPSA) is 77.0 Å². The molecule has 0 bridgehead atoms. The zero-order valence-corrected chi connectivity index (χ0v) is 15.0. The van der Waals surface area contributed by atoms with Gasteiger partial charge in [-0.2, -0.15) is 8.78 Å². The Morgan fingerprint density at radius 1 is 1.31 bits per heavy atom. The molecular weight excluding hydrogens is 366 g/mol. The molecule has 2 heterocycles. The van der Waals surface area contributed by atoms with Gasteiger partial charge in [-0.05, 0) is 13.0 Å². The molecule has 3 rings (SSSR count). The number of aryl methyl sites for hydroxylation is 1. The minimum absolute atomic E-state index is 0.0303. The van der Waals surface area contributed by atoms with Gasteiger partial charge in [-0.15, -0.1) is 11.3 Å². The molecule has 140 valence electrons. The number of aromatic nitrogens is 1. The van der Waals surface area contributed by atoms with E-state index in [-0.39, 0.29) is 19.1 Å². The van der Waals surface area contributed by atoms with Crippen molar-refractivity contribution in [3.63, 3.8) is 0 Å². The fourth-order valence-corrected chi connectivity index (χ4v) is 3.08. The van der Waals surface area contributed by atoms with Gasteiger partial charge in [0.2, 0.25) is 6.79 Å². The molecular formula is C16H18F2N4O3S. The van der Waals surface area contributed by atoms with Crippen LogP contribution in [0.2, 0.25) is 0 Å². The highest BCUT2D eigenvalue weighted by atomic mass is 32.1. The van der Waals surface area contributed by atoms with Gasteiger partial charge in [-0.25, -0.2) is 4.98 Å². The number of fused-ring (bicyclic) bond motifs is 1. The van der Waals surface area contributed by atoms with Crippen LogP contribution in [-0.2, 0) is 13.1 Å². The molecule has 0 saturated carbocycles. The molecule has 26 heavy (non-hydrogen) atoms. The van der Waals surface area contributed by atoms with Crippen LogP contribution in [0.3, 0.4) is 0 Å². The van der Waals surface area contributed by atoms with Gasteiger partial charge in [0.05, 0.1) is 6.54 Å². The normalized spacial score (nSPS) is 13.2. The molecule has 10 heteroatoms. The number of guanidine groups is 1. The van der Waals surface area contributed by atoms with E-state index in [9.17, 15) is 8.78 Å². The summed E-state index contributed by atoms with van der Waals surface area (Å²) >= 11 is 1.59. The molecule has 2 aromatic rings. The highest BCUT2D eigenvalue weighted by Gasteiger charge is 2.20. The van der Waals surface area contributed by atoms with E-state index >= 15 is 0 Å². The third-order valence-electron chi connectivity index (χ3n) is 3.52. The van der Waals surface area contributed by atoms with Gasteiger partial charge in [0, 0.05) is 36.3 Å². The lowest BCUT2D eigenvalue weighted by molar-refractivity contribution is -0.0505. The maximum absolute atomic E-state index is 12.7. The van der Waals surface area contributed by atoms with E-state index in [0.717, 1.165) is 9.88 Å². The van der Waals surface area contributed by atoms with Gasteiger partial charge < -0.3 is 24.8 Å². The van der Waals surface area contributed by atoms with Gasteiger partial charge in [-0.1, -0.05) is 0 Å². The zero-order chi connectivity index (χ0) is 18.5. The van der Waals surface area contributed by atoms with E-state index in [2.05, 4.69) is 25.3 Å². The first-order chi connectivity index (χ1) is 12.5. The van der Waals surface area contributed by atoms with Crippen LogP contribution in [0.1, 0.15) is 15.4 Å². The van der Waals surface area contributed by atoms with Crippen molar-refractivity contribution in [3.05, 3.63) is 33.8 Å². The largest absolute Gasteiger partial charge is 0.454 e. The number of benzene rings is 1. The van der Waals surface area contributed by atoms with Crippen LogP contribution >= 0.6 is 11.3 Å². The van der Waals surface area contributed by atoms with Crippen LogP contribution in [0.25, 0.3) is 0 Å². The summed E-state index contributed by atoms with van der Waals surface area (Å²) in [7, 11) is 1.62. The lowest BCUT2D eigenvalue weighted by Crippen LogP contribution is -2.36. The molecule has 0 atom stereocenters. The third-order valence-corrected chi connectivity index (χ3v) is 4.43. The van der Waals surface area contributed by atoms with Crippen molar-refractivity contribution in [2.45, 2.75) is 26.6 Å². The first kappa shape index (κ1) is 18.2. The first-order valence-corrected chi connectivity index (χ1v) is 8.60. The van der Waals surface area contributed by atoms with Gasteiger partial charge >= 0.3 is 6.61 Å². The van der Waals surface area contributed by atoms with E-state index in [1.807, 2.05) is 6.92 Å². The Kier molecular flexibility index (Phi) is 5.71. The van der Waals surface area contributed by atoms with Gasteiger partial charge in [0.25, 0.3) is 0 Å². The van der Waals surface area contributed by atoms with E-state index in [4.69, 9.17) is 9.47 Å². The number of halogens is 2. The fourth-order valence-electron chi connectivity index (χ4n) is 2.35. The van der Waals surface area contributed by atoms with E-state index in [1.54, 1.807) is 30.6 Å². The Morgan fingerprint density at radius 2 is 2.04 bits per heavy atom. The molecule has 0 fully saturated rings. The molecule has 2 N–H and O–H groups in total. The number of rotatable bonds is 6. The van der Waals surface area contributed by atoms with Crippen LogP contribution in [-0.4, -0.2) is 31.4 Å². The molecule has 1 aliphatic heterocycles. The van der Waals surface area contributed by atoms with Crippen LogP contribution in [0.4, 0.5) is 8.78 Å². The number of thiazole rings is 1. The maximum atomic E-state index is 12.7. The van der Waals surface area contributed by atoms with Crippen molar-refractivity contribution >= 4 is 17.3 Å². The second-order valence-electron chi connectivity index (χ2n) is 5.34. The summed E-state index contributed by atoms with van der Waals surface area (Å²) < 4.78 is 40.4. The van der Waals surface area contributed by atoms with Gasteiger partial charge in [0.1, 0.15) is 10.8 Å². The lowest BCUT2D eigenvalue weighted by Gasteiger charge is -2.15. The molecule has 0 radical (unpaired) electrons. The molecule has 0 amide bonds. The van der Waals surface area contributed by atoms with E-state index in [1.165, 1.54) is 6.07 Å². The number of nitrogens with zero attached hydrogens (tertiary/aromatic N) is 2. The highest BCUT2D eigenvalue weighted by Crippen LogP contribution is 2.38. The number of hydrogen-bond donors (Lipinski definition) is 2. The van der Waals surface area contributed by atoms with Crippen molar-refractivity contribution < 1.29 is 23.0 Å². The van der Waals surface area contributed by atoms with Gasteiger partial charge in [0.15, 0.2) is 17.5 Å². The molecule has 0 saturated heterocycles. The number of nitrogens with one attached hydrogen (secondary N) is 2. The standard InChI is InChI=1S/C16H18F2N4O3S/c1-9-5-20-14(26-9)7-22-16(19-2)21-6-10-3-12-13(24-8-23-12)4-11(10)25-15(17)18/h3-5,15H,6-8H2,1-2H3,(H2,19,21,22).